The zero-order valence-corrected chi connectivity index (χ0v) is 12.3. The topological polar surface area (TPSA) is 61.4 Å². The Kier molecular flexibility index (Phi) is 6.99. The van der Waals surface area contributed by atoms with Crippen molar-refractivity contribution in [3.63, 3.8) is 0 Å². The van der Waals surface area contributed by atoms with Gasteiger partial charge in [0.05, 0.1) is 6.10 Å². The Hall–Kier alpha value is -0.970. The second-order valence-electron chi connectivity index (χ2n) is 4.35. The van der Waals surface area contributed by atoms with Crippen LogP contribution in [0.1, 0.15) is 18.9 Å². The molecule has 4 nitrogen and oxygen atoms in total. The van der Waals surface area contributed by atoms with E-state index in [0.29, 0.717) is 36.0 Å². The van der Waals surface area contributed by atoms with Crippen LogP contribution in [0.2, 0.25) is 10.0 Å². The molecule has 2 amide bonds. The van der Waals surface area contributed by atoms with Crippen LogP contribution in [0.4, 0.5) is 4.79 Å². The number of nitrogens with one attached hydrogen (secondary N) is 2. The lowest BCUT2D eigenvalue weighted by atomic mass is 10.1. The van der Waals surface area contributed by atoms with Crippen LogP contribution in [0.3, 0.4) is 0 Å². The minimum absolute atomic E-state index is 0.242. The Morgan fingerprint density at radius 1 is 1.21 bits per heavy atom. The Morgan fingerprint density at radius 2 is 1.79 bits per heavy atom. The zero-order chi connectivity index (χ0) is 14.3. The van der Waals surface area contributed by atoms with Gasteiger partial charge in [0, 0.05) is 23.1 Å². The van der Waals surface area contributed by atoms with Gasteiger partial charge in [-0.05, 0) is 43.5 Å². The first-order chi connectivity index (χ1) is 8.97. The second-order valence-corrected chi connectivity index (χ2v) is 5.22. The normalized spacial score (nSPS) is 12.0. The van der Waals surface area contributed by atoms with E-state index < -0.39 is 6.10 Å². The molecular formula is C13H18Cl2N2O2. The molecule has 0 radical (unpaired) electrons. The van der Waals surface area contributed by atoms with Gasteiger partial charge in [-0.15, -0.1) is 0 Å². The molecule has 0 aliphatic heterocycles. The molecule has 0 aliphatic carbocycles. The summed E-state index contributed by atoms with van der Waals surface area (Å²) in [5.41, 5.74) is 0.974. The van der Waals surface area contributed by atoms with Gasteiger partial charge in [0.1, 0.15) is 0 Å². The fraction of sp³-hybridized carbons (Fsp3) is 0.462. The lowest BCUT2D eigenvalue weighted by Gasteiger charge is -2.09. The van der Waals surface area contributed by atoms with Crippen molar-refractivity contribution in [2.24, 2.45) is 0 Å². The number of rotatable bonds is 6. The van der Waals surface area contributed by atoms with Gasteiger partial charge in [-0.25, -0.2) is 4.79 Å². The number of hydrogen-bond acceptors (Lipinski definition) is 2. The molecule has 1 aromatic rings. The summed E-state index contributed by atoms with van der Waals surface area (Å²) in [5.74, 6) is 0. The third-order valence-electron chi connectivity index (χ3n) is 2.47. The van der Waals surface area contributed by atoms with Crippen LogP contribution in [0.5, 0.6) is 0 Å². The number of aliphatic hydroxyl groups excluding tert-OH is 1. The van der Waals surface area contributed by atoms with Crippen LogP contribution < -0.4 is 10.6 Å². The first kappa shape index (κ1) is 16.1. The van der Waals surface area contributed by atoms with Crippen molar-refractivity contribution in [2.45, 2.75) is 25.9 Å². The predicted molar refractivity (Wildman–Crippen MR) is 77.9 cm³/mol. The van der Waals surface area contributed by atoms with Crippen molar-refractivity contribution < 1.29 is 9.90 Å². The van der Waals surface area contributed by atoms with Crippen LogP contribution in [0, 0.1) is 0 Å². The molecule has 6 heteroatoms. The summed E-state index contributed by atoms with van der Waals surface area (Å²) in [5, 5.41) is 15.6. The summed E-state index contributed by atoms with van der Waals surface area (Å²) in [4.78, 5) is 11.4. The van der Waals surface area contributed by atoms with E-state index in [4.69, 9.17) is 28.3 Å². The molecule has 0 aliphatic rings. The van der Waals surface area contributed by atoms with Gasteiger partial charge in [0.2, 0.25) is 0 Å². The molecule has 1 unspecified atom stereocenters. The molecule has 0 fully saturated rings. The number of hydrogen-bond donors (Lipinski definition) is 3. The van der Waals surface area contributed by atoms with E-state index >= 15 is 0 Å². The molecule has 1 aromatic carbocycles. The number of benzene rings is 1. The molecule has 1 atom stereocenters. The Bertz CT molecular complexity index is 405. The predicted octanol–water partition coefficient (Wildman–Crippen LogP) is 2.61. The van der Waals surface area contributed by atoms with E-state index in [1.807, 2.05) is 12.1 Å². The van der Waals surface area contributed by atoms with Gasteiger partial charge in [-0.3, -0.25) is 0 Å². The van der Waals surface area contributed by atoms with Gasteiger partial charge in [0.15, 0.2) is 0 Å². The third-order valence-corrected chi connectivity index (χ3v) is 2.91. The van der Waals surface area contributed by atoms with Gasteiger partial charge in [-0.1, -0.05) is 23.2 Å². The van der Waals surface area contributed by atoms with Gasteiger partial charge in [-0.2, -0.15) is 0 Å². The monoisotopic (exact) mass is 304 g/mol. The van der Waals surface area contributed by atoms with Crippen molar-refractivity contribution in [1.82, 2.24) is 10.6 Å². The number of halogens is 2. The molecular weight excluding hydrogens is 287 g/mol. The minimum atomic E-state index is -0.408. The Morgan fingerprint density at radius 3 is 2.37 bits per heavy atom. The standard InChI is InChI=1S/C13H18Cl2N2O2/c1-9(18)2-4-16-13(19)17-5-3-10-6-11(14)8-12(15)7-10/h6-9,18H,2-5H2,1H3,(H2,16,17,19). The van der Waals surface area contributed by atoms with E-state index in [1.165, 1.54) is 0 Å². The van der Waals surface area contributed by atoms with Crippen LogP contribution >= 0.6 is 23.2 Å². The van der Waals surface area contributed by atoms with Crippen molar-refractivity contribution in [3.8, 4) is 0 Å². The average Bonchev–Trinajstić information content (AvgIpc) is 2.27. The van der Waals surface area contributed by atoms with E-state index in [0.717, 1.165) is 5.56 Å². The Balaban J connectivity index is 2.24. The summed E-state index contributed by atoms with van der Waals surface area (Å²) in [6, 6.07) is 5.07. The SMILES string of the molecule is CC(O)CCNC(=O)NCCc1cc(Cl)cc(Cl)c1. The summed E-state index contributed by atoms with van der Waals surface area (Å²) < 4.78 is 0. The highest BCUT2D eigenvalue weighted by molar-refractivity contribution is 6.34. The molecule has 0 aromatic heterocycles. The van der Waals surface area contributed by atoms with Crippen molar-refractivity contribution in [3.05, 3.63) is 33.8 Å². The molecule has 0 heterocycles. The molecule has 19 heavy (non-hydrogen) atoms. The highest BCUT2D eigenvalue weighted by Gasteiger charge is 2.02. The van der Waals surface area contributed by atoms with Crippen molar-refractivity contribution in [2.75, 3.05) is 13.1 Å². The highest BCUT2D eigenvalue weighted by atomic mass is 35.5. The fourth-order valence-electron chi connectivity index (χ4n) is 1.53. The maximum absolute atomic E-state index is 11.4. The zero-order valence-electron chi connectivity index (χ0n) is 10.7. The van der Waals surface area contributed by atoms with Crippen molar-refractivity contribution in [1.29, 1.82) is 0 Å². The molecule has 106 valence electrons. The molecule has 0 saturated heterocycles. The molecule has 1 rings (SSSR count). The number of carbonyl (C=O) groups excluding carboxylic acids is 1. The fourth-order valence-corrected chi connectivity index (χ4v) is 2.10. The molecule has 0 bridgehead atoms. The first-order valence-corrected chi connectivity index (χ1v) is 6.87. The summed E-state index contributed by atoms with van der Waals surface area (Å²) in [7, 11) is 0. The quantitative estimate of drug-likeness (QED) is 0.756. The number of aliphatic hydroxyl groups is 1. The maximum atomic E-state index is 11.4. The summed E-state index contributed by atoms with van der Waals surface area (Å²) in [6.07, 6.45) is 0.787. The van der Waals surface area contributed by atoms with Crippen LogP contribution in [-0.4, -0.2) is 30.3 Å². The van der Waals surface area contributed by atoms with Crippen molar-refractivity contribution >= 4 is 29.2 Å². The van der Waals surface area contributed by atoms with Crippen LogP contribution in [0.25, 0.3) is 0 Å². The molecule has 0 saturated carbocycles. The smallest absolute Gasteiger partial charge is 0.314 e. The number of carbonyl (C=O) groups is 1. The van der Waals surface area contributed by atoms with Gasteiger partial charge >= 0.3 is 6.03 Å². The number of urea groups is 1. The third kappa shape index (κ3) is 7.25. The highest BCUT2D eigenvalue weighted by Crippen LogP contribution is 2.19. The van der Waals surface area contributed by atoms with E-state index in [9.17, 15) is 4.79 Å². The van der Waals surface area contributed by atoms with Crippen LogP contribution in [-0.2, 0) is 6.42 Å². The lowest BCUT2D eigenvalue weighted by molar-refractivity contribution is 0.183. The molecule has 3 N–H and O–H groups in total. The largest absolute Gasteiger partial charge is 0.393 e. The van der Waals surface area contributed by atoms with E-state index in [1.54, 1.807) is 13.0 Å². The maximum Gasteiger partial charge on any atom is 0.314 e. The first-order valence-electron chi connectivity index (χ1n) is 6.12. The van der Waals surface area contributed by atoms with E-state index in [2.05, 4.69) is 10.6 Å². The van der Waals surface area contributed by atoms with Crippen LogP contribution in [0.15, 0.2) is 18.2 Å². The Labute approximate surface area is 123 Å². The number of amides is 2. The van der Waals surface area contributed by atoms with E-state index in [-0.39, 0.29) is 6.03 Å². The van der Waals surface area contributed by atoms with Gasteiger partial charge < -0.3 is 15.7 Å². The summed E-state index contributed by atoms with van der Waals surface area (Å²) >= 11 is 11.8. The lowest BCUT2D eigenvalue weighted by Crippen LogP contribution is -2.37. The molecule has 0 spiro atoms. The van der Waals surface area contributed by atoms with Gasteiger partial charge in [0.25, 0.3) is 0 Å². The minimum Gasteiger partial charge on any atom is -0.393 e. The summed E-state index contributed by atoms with van der Waals surface area (Å²) in [6.45, 7) is 2.63. The average molecular weight is 305 g/mol. The second kappa shape index (κ2) is 8.25.